The lowest BCUT2D eigenvalue weighted by Crippen LogP contribution is -2.19. The van der Waals surface area contributed by atoms with Crippen LogP contribution in [0.4, 0.5) is 17.1 Å². The van der Waals surface area contributed by atoms with Gasteiger partial charge in [0, 0.05) is 30.9 Å². The number of hydrogen-bond acceptors (Lipinski definition) is 5. The Morgan fingerprint density at radius 2 is 1.97 bits per heavy atom. The number of aromatic nitrogens is 2. The van der Waals surface area contributed by atoms with Gasteiger partial charge in [0.15, 0.2) is 0 Å². The largest absolute Gasteiger partial charge is 0.339 e. The molecule has 1 unspecified atom stereocenters. The van der Waals surface area contributed by atoms with E-state index in [9.17, 15) is 9.00 Å². The minimum absolute atomic E-state index is 0.306. The maximum Gasteiger partial charge on any atom is 0.247 e. The van der Waals surface area contributed by atoms with E-state index in [1.54, 1.807) is 41.5 Å². The van der Waals surface area contributed by atoms with Crippen LogP contribution in [0.1, 0.15) is 26.2 Å². The standard InChI is InChI=1S/C23H30N6O2S/c1-6-8-9-13-21(32(5)31)23(26-17(3)25-20-15-24-29(4)16-20)28-19-12-10-11-18(14-19)27-22(30)7-2/h7,10-16,25H,2-3,6,8-9H2,1,4-5H3,(H,26,28)(H,27,30)/b21-13+. The van der Waals surface area contributed by atoms with Crippen LogP contribution in [0, 0.1) is 0 Å². The second-order valence-electron chi connectivity index (χ2n) is 7.00. The van der Waals surface area contributed by atoms with E-state index in [1.807, 2.05) is 19.2 Å². The number of nitrogens with one attached hydrogen (secondary N) is 3. The second kappa shape index (κ2) is 12.4. The zero-order valence-corrected chi connectivity index (χ0v) is 19.5. The predicted molar refractivity (Wildman–Crippen MR) is 134 cm³/mol. The lowest BCUT2D eigenvalue weighted by Gasteiger charge is -2.14. The summed E-state index contributed by atoms with van der Waals surface area (Å²) in [7, 11) is 0.531. The molecule has 0 bridgehead atoms. The Bertz CT molecular complexity index is 1050. The topological polar surface area (TPSA) is 100 Å². The van der Waals surface area contributed by atoms with Gasteiger partial charge >= 0.3 is 0 Å². The predicted octanol–water partition coefficient (Wildman–Crippen LogP) is 4.39. The van der Waals surface area contributed by atoms with E-state index in [0.29, 0.717) is 27.9 Å². The number of aliphatic imine (C=N–C) groups is 1. The normalized spacial score (nSPS) is 12.7. The average molecular weight is 455 g/mol. The molecule has 0 fully saturated rings. The number of anilines is 3. The van der Waals surface area contributed by atoms with Gasteiger partial charge < -0.3 is 16.0 Å². The number of benzene rings is 1. The third-order valence-corrected chi connectivity index (χ3v) is 5.23. The first-order valence-electron chi connectivity index (χ1n) is 10.2. The molecule has 1 aromatic heterocycles. The van der Waals surface area contributed by atoms with Crippen molar-refractivity contribution in [1.82, 2.24) is 9.78 Å². The molecule has 0 radical (unpaired) electrons. The zero-order valence-electron chi connectivity index (χ0n) is 18.7. The molecule has 9 heteroatoms. The van der Waals surface area contributed by atoms with E-state index in [-0.39, 0.29) is 5.91 Å². The zero-order chi connectivity index (χ0) is 23.5. The third-order valence-electron chi connectivity index (χ3n) is 4.25. The average Bonchev–Trinajstić information content (AvgIpc) is 3.15. The van der Waals surface area contributed by atoms with Crippen LogP contribution in [0.3, 0.4) is 0 Å². The number of carbonyl (C=O) groups is 1. The summed E-state index contributed by atoms with van der Waals surface area (Å²) < 4.78 is 14.2. The number of hydrogen-bond donors (Lipinski definition) is 3. The van der Waals surface area contributed by atoms with E-state index >= 15 is 0 Å². The molecule has 0 aliphatic rings. The first kappa shape index (κ1) is 24.8. The molecule has 1 heterocycles. The smallest absolute Gasteiger partial charge is 0.247 e. The summed E-state index contributed by atoms with van der Waals surface area (Å²) in [6.07, 6.45) is 11.0. The highest BCUT2D eigenvalue weighted by Gasteiger charge is 2.13. The molecular formula is C23H30N6O2S. The van der Waals surface area contributed by atoms with Gasteiger partial charge in [-0.2, -0.15) is 5.10 Å². The Kier molecular flexibility index (Phi) is 9.62. The summed E-state index contributed by atoms with van der Waals surface area (Å²) in [4.78, 5) is 16.8. The van der Waals surface area contributed by atoms with Crippen LogP contribution in [0.2, 0.25) is 0 Å². The van der Waals surface area contributed by atoms with Crippen molar-refractivity contribution in [3.8, 4) is 0 Å². The van der Waals surface area contributed by atoms with Crippen LogP contribution in [-0.2, 0) is 22.6 Å². The Morgan fingerprint density at radius 3 is 2.56 bits per heavy atom. The van der Waals surface area contributed by atoms with Crippen molar-refractivity contribution in [3.05, 3.63) is 72.7 Å². The molecule has 2 aromatic rings. The van der Waals surface area contributed by atoms with Gasteiger partial charge in [-0.05, 0) is 30.7 Å². The summed E-state index contributed by atoms with van der Waals surface area (Å²) in [6.45, 7) is 9.54. The minimum atomic E-state index is -1.29. The fourth-order valence-electron chi connectivity index (χ4n) is 2.75. The Hall–Kier alpha value is -3.46. The highest BCUT2D eigenvalue weighted by molar-refractivity contribution is 7.89. The summed E-state index contributed by atoms with van der Waals surface area (Å²) in [5.74, 6) is 0.471. The van der Waals surface area contributed by atoms with Crippen molar-refractivity contribution < 1.29 is 9.00 Å². The van der Waals surface area contributed by atoms with Gasteiger partial charge in [0.2, 0.25) is 5.91 Å². The molecule has 0 saturated carbocycles. The van der Waals surface area contributed by atoms with Gasteiger partial charge in [0.1, 0.15) is 11.7 Å². The lowest BCUT2D eigenvalue weighted by molar-refractivity contribution is -0.111. The number of amides is 1. The van der Waals surface area contributed by atoms with Crippen molar-refractivity contribution in [2.45, 2.75) is 26.2 Å². The van der Waals surface area contributed by atoms with Crippen LogP contribution in [0.5, 0.6) is 0 Å². The Morgan fingerprint density at radius 1 is 1.25 bits per heavy atom. The fourth-order valence-corrected chi connectivity index (χ4v) is 3.47. The van der Waals surface area contributed by atoms with Crippen molar-refractivity contribution in [1.29, 1.82) is 0 Å². The molecule has 1 atom stereocenters. The highest BCUT2D eigenvalue weighted by atomic mass is 32.2. The Labute approximate surface area is 191 Å². The first-order valence-corrected chi connectivity index (χ1v) is 11.8. The number of nitrogens with zero attached hydrogens (tertiary/aromatic N) is 3. The number of aryl methyl sites for hydroxylation is 1. The molecule has 3 N–H and O–H groups in total. The fraction of sp³-hybridized carbons (Fsp3) is 0.261. The second-order valence-corrected chi connectivity index (χ2v) is 8.35. The van der Waals surface area contributed by atoms with E-state index in [0.717, 1.165) is 24.9 Å². The molecule has 0 aliphatic carbocycles. The van der Waals surface area contributed by atoms with Crippen molar-refractivity contribution in [2.24, 2.45) is 12.0 Å². The van der Waals surface area contributed by atoms with Crippen molar-refractivity contribution in [3.63, 3.8) is 0 Å². The van der Waals surface area contributed by atoms with E-state index < -0.39 is 10.8 Å². The van der Waals surface area contributed by atoms with Crippen LogP contribution < -0.4 is 16.0 Å². The van der Waals surface area contributed by atoms with Crippen LogP contribution >= 0.6 is 0 Å². The SMILES string of the molecule is C=CC(=O)Nc1cccc(NC(=N/C(=C)Nc2cnn(C)c2)/C(=C\CCCC)S(C)=O)c1. The summed E-state index contributed by atoms with van der Waals surface area (Å²) in [5, 5.41) is 13.2. The summed E-state index contributed by atoms with van der Waals surface area (Å²) >= 11 is 0. The van der Waals surface area contributed by atoms with Gasteiger partial charge in [-0.3, -0.25) is 13.7 Å². The van der Waals surface area contributed by atoms with Crippen molar-refractivity contribution >= 4 is 39.6 Å². The molecule has 0 aliphatic heterocycles. The molecule has 170 valence electrons. The maximum absolute atomic E-state index is 12.6. The monoisotopic (exact) mass is 454 g/mol. The summed E-state index contributed by atoms with van der Waals surface area (Å²) in [6, 6.07) is 7.15. The van der Waals surface area contributed by atoms with Crippen LogP contribution in [0.25, 0.3) is 0 Å². The number of amidine groups is 1. The Balaban J connectivity index is 2.36. The maximum atomic E-state index is 12.6. The van der Waals surface area contributed by atoms with E-state index in [4.69, 9.17) is 0 Å². The minimum Gasteiger partial charge on any atom is -0.339 e. The molecule has 1 amide bonds. The van der Waals surface area contributed by atoms with Gasteiger partial charge in [0.25, 0.3) is 0 Å². The highest BCUT2D eigenvalue weighted by Crippen LogP contribution is 2.19. The molecule has 2 rings (SSSR count). The number of unbranched alkanes of at least 4 members (excludes halogenated alkanes) is 2. The van der Waals surface area contributed by atoms with Gasteiger partial charge in [-0.25, -0.2) is 4.99 Å². The lowest BCUT2D eigenvalue weighted by atomic mass is 10.2. The quantitative estimate of drug-likeness (QED) is 0.202. The molecule has 0 saturated heterocycles. The summed E-state index contributed by atoms with van der Waals surface area (Å²) in [5.41, 5.74) is 2.01. The van der Waals surface area contributed by atoms with E-state index in [1.165, 1.54) is 6.08 Å². The molecular weight excluding hydrogens is 424 g/mol. The third kappa shape index (κ3) is 7.99. The molecule has 0 spiro atoms. The number of rotatable bonds is 11. The number of carbonyl (C=O) groups excluding carboxylic acids is 1. The molecule has 8 nitrogen and oxygen atoms in total. The van der Waals surface area contributed by atoms with Crippen LogP contribution in [0.15, 0.2) is 77.7 Å². The van der Waals surface area contributed by atoms with Crippen LogP contribution in [-0.4, -0.2) is 32.0 Å². The first-order chi connectivity index (χ1) is 15.3. The van der Waals surface area contributed by atoms with Crippen molar-refractivity contribution in [2.75, 3.05) is 22.2 Å². The van der Waals surface area contributed by atoms with Gasteiger partial charge in [0.05, 0.1) is 27.6 Å². The van der Waals surface area contributed by atoms with Gasteiger partial charge in [-0.1, -0.05) is 45.1 Å². The van der Waals surface area contributed by atoms with E-state index in [2.05, 4.69) is 46.1 Å². The number of allylic oxidation sites excluding steroid dienone is 1. The van der Waals surface area contributed by atoms with Gasteiger partial charge in [-0.15, -0.1) is 0 Å². The molecule has 32 heavy (non-hydrogen) atoms. The molecule has 1 aromatic carbocycles.